The molecule has 2 amide bonds. The summed E-state index contributed by atoms with van der Waals surface area (Å²) in [6.07, 6.45) is 1.76. The quantitative estimate of drug-likeness (QED) is 0.496. The second kappa shape index (κ2) is 7.09. The molecule has 4 rings (SSSR count). The van der Waals surface area contributed by atoms with Gasteiger partial charge in [-0.25, -0.2) is 0 Å². The second-order valence-electron chi connectivity index (χ2n) is 5.96. The lowest BCUT2D eigenvalue weighted by Gasteiger charge is -2.14. The van der Waals surface area contributed by atoms with Crippen LogP contribution in [0.2, 0.25) is 0 Å². The van der Waals surface area contributed by atoms with Gasteiger partial charge >= 0.3 is 0 Å². The highest BCUT2D eigenvalue weighted by Crippen LogP contribution is 2.34. The second-order valence-corrected chi connectivity index (χ2v) is 7.87. The van der Waals surface area contributed by atoms with Crippen LogP contribution in [0.25, 0.3) is 16.8 Å². The zero-order valence-electron chi connectivity index (χ0n) is 13.7. The van der Waals surface area contributed by atoms with Gasteiger partial charge in [-0.05, 0) is 51.9 Å². The van der Waals surface area contributed by atoms with Gasteiger partial charge in [0.15, 0.2) is 0 Å². The van der Waals surface area contributed by atoms with Gasteiger partial charge in [-0.2, -0.15) is 0 Å². The van der Waals surface area contributed by atoms with Gasteiger partial charge in [0.05, 0.1) is 11.4 Å². The van der Waals surface area contributed by atoms with E-state index in [1.165, 1.54) is 4.90 Å². The molecule has 1 aliphatic heterocycles. The molecular weight excluding hydrogens is 410 g/mol. The van der Waals surface area contributed by atoms with Crippen LogP contribution >= 0.6 is 27.7 Å². The van der Waals surface area contributed by atoms with E-state index in [2.05, 4.69) is 15.9 Å². The zero-order valence-corrected chi connectivity index (χ0v) is 16.1. The highest BCUT2D eigenvalue weighted by molar-refractivity contribution is 9.10. The van der Waals surface area contributed by atoms with E-state index in [0.717, 1.165) is 38.1 Å². The summed E-state index contributed by atoms with van der Waals surface area (Å²) in [7, 11) is 0. The molecule has 1 fully saturated rings. The number of benzene rings is 3. The van der Waals surface area contributed by atoms with Crippen molar-refractivity contribution in [2.45, 2.75) is 6.54 Å². The zero-order chi connectivity index (χ0) is 18.1. The van der Waals surface area contributed by atoms with Gasteiger partial charge in [-0.3, -0.25) is 14.5 Å². The predicted octanol–water partition coefficient (Wildman–Crippen LogP) is 5.84. The van der Waals surface area contributed by atoms with Crippen LogP contribution in [0.3, 0.4) is 0 Å². The van der Waals surface area contributed by atoms with Gasteiger partial charge in [0.25, 0.3) is 11.1 Å². The minimum Gasteiger partial charge on any atom is -0.268 e. The summed E-state index contributed by atoms with van der Waals surface area (Å²) < 4.78 is 0.932. The van der Waals surface area contributed by atoms with Crippen molar-refractivity contribution in [3.63, 3.8) is 0 Å². The molecule has 0 atom stereocenters. The smallest absolute Gasteiger partial charge is 0.268 e. The predicted molar refractivity (Wildman–Crippen MR) is 110 cm³/mol. The van der Waals surface area contributed by atoms with Gasteiger partial charge in [0.2, 0.25) is 0 Å². The summed E-state index contributed by atoms with van der Waals surface area (Å²) in [6.45, 7) is 0.280. The van der Waals surface area contributed by atoms with Crippen molar-refractivity contribution in [2.24, 2.45) is 0 Å². The number of carbonyl (C=O) groups excluding carboxylic acids is 2. The summed E-state index contributed by atoms with van der Waals surface area (Å²) >= 11 is 4.41. The fraction of sp³-hybridized carbons (Fsp3) is 0.0476. The first-order valence-electron chi connectivity index (χ1n) is 8.09. The Morgan fingerprint density at radius 1 is 0.962 bits per heavy atom. The van der Waals surface area contributed by atoms with E-state index in [4.69, 9.17) is 0 Å². The first kappa shape index (κ1) is 17.1. The van der Waals surface area contributed by atoms with E-state index in [0.29, 0.717) is 4.91 Å². The van der Waals surface area contributed by atoms with E-state index < -0.39 is 0 Å². The number of hydrogen-bond donors (Lipinski definition) is 0. The van der Waals surface area contributed by atoms with Crippen molar-refractivity contribution in [3.8, 4) is 0 Å². The number of imide groups is 1. The number of halogens is 1. The van der Waals surface area contributed by atoms with Crippen LogP contribution in [0.5, 0.6) is 0 Å². The Hall–Kier alpha value is -2.37. The van der Waals surface area contributed by atoms with Crippen LogP contribution in [0.1, 0.15) is 11.1 Å². The molecule has 3 aromatic carbocycles. The first-order valence-corrected chi connectivity index (χ1v) is 9.70. The van der Waals surface area contributed by atoms with Crippen LogP contribution in [-0.2, 0) is 11.3 Å². The van der Waals surface area contributed by atoms with Crippen LogP contribution < -0.4 is 0 Å². The molecule has 1 aliphatic rings. The molecule has 0 radical (unpaired) electrons. The molecule has 0 N–H and O–H groups in total. The topological polar surface area (TPSA) is 37.4 Å². The molecule has 128 valence electrons. The van der Waals surface area contributed by atoms with Gasteiger partial charge in [0, 0.05) is 4.47 Å². The Bertz CT molecular complexity index is 1060. The Kier molecular flexibility index (Phi) is 4.66. The molecule has 0 saturated carbocycles. The Balaban J connectivity index is 1.63. The average Bonchev–Trinajstić information content (AvgIpc) is 2.89. The van der Waals surface area contributed by atoms with E-state index in [-0.39, 0.29) is 17.7 Å². The number of fused-ring (bicyclic) bond motifs is 1. The van der Waals surface area contributed by atoms with Crippen LogP contribution in [0, 0.1) is 0 Å². The number of carbonyl (C=O) groups is 2. The normalized spacial score (nSPS) is 16.0. The van der Waals surface area contributed by atoms with Crippen molar-refractivity contribution < 1.29 is 9.59 Å². The van der Waals surface area contributed by atoms with Crippen LogP contribution in [0.15, 0.2) is 76.1 Å². The maximum atomic E-state index is 12.7. The monoisotopic (exact) mass is 423 g/mol. The molecule has 0 spiro atoms. The minimum atomic E-state index is -0.243. The van der Waals surface area contributed by atoms with Crippen molar-refractivity contribution in [2.75, 3.05) is 0 Å². The number of nitrogens with zero attached hydrogens (tertiary/aromatic N) is 1. The van der Waals surface area contributed by atoms with Crippen molar-refractivity contribution in [1.29, 1.82) is 0 Å². The van der Waals surface area contributed by atoms with Crippen molar-refractivity contribution >= 4 is 55.7 Å². The SMILES string of the molecule is O=C1S/C(=C/c2cccc(Br)c2)C(=O)N1Cc1cccc2ccccc12. The molecule has 0 aromatic heterocycles. The molecular formula is C21H14BrNO2S. The number of rotatable bonds is 3. The lowest BCUT2D eigenvalue weighted by molar-refractivity contribution is -0.123. The third-order valence-corrected chi connectivity index (χ3v) is 5.63. The molecule has 1 saturated heterocycles. The van der Waals surface area contributed by atoms with Crippen molar-refractivity contribution in [1.82, 2.24) is 4.90 Å². The average molecular weight is 424 g/mol. The van der Waals surface area contributed by atoms with Gasteiger partial charge in [-0.1, -0.05) is 70.5 Å². The Labute approximate surface area is 163 Å². The molecule has 26 heavy (non-hydrogen) atoms. The summed E-state index contributed by atoms with van der Waals surface area (Å²) in [6, 6.07) is 21.6. The molecule has 0 unspecified atom stereocenters. The lowest BCUT2D eigenvalue weighted by Crippen LogP contribution is -2.27. The molecule has 0 bridgehead atoms. The largest absolute Gasteiger partial charge is 0.293 e. The van der Waals surface area contributed by atoms with Gasteiger partial charge in [0.1, 0.15) is 0 Å². The standard InChI is InChI=1S/C21H14BrNO2S/c22-17-9-3-5-14(11-17)12-19-20(24)23(21(25)26-19)13-16-8-4-7-15-6-1-2-10-18(15)16/h1-12H,13H2/b19-12+. The van der Waals surface area contributed by atoms with Gasteiger partial charge in [-0.15, -0.1) is 0 Å². The highest BCUT2D eigenvalue weighted by Gasteiger charge is 2.35. The maximum Gasteiger partial charge on any atom is 0.293 e. The van der Waals surface area contributed by atoms with E-state index in [9.17, 15) is 9.59 Å². The first-order chi connectivity index (χ1) is 12.6. The lowest BCUT2D eigenvalue weighted by atomic mass is 10.0. The summed E-state index contributed by atoms with van der Waals surface area (Å²) in [4.78, 5) is 26.9. The molecule has 1 heterocycles. The molecule has 5 heteroatoms. The third-order valence-electron chi connectivity index (χ3n) is 4.23. The highest BCUT2D eigenvalue weighted by atomic mass is 79.9. The number of thioether (sulfide) groups is 1. The van der Waals surface area contributed by atoms with Crippen LogP contribution in [-0.4, -0.2) is 16.0 Å². The van der Waals surface area contributed by atoms with E-state index in [1.54, 1.807) is 6.08 Å². The van der Waals surface area contributed by atoms with E-state index in [1.807, 2.05) is 66.7 Å². The fourth-order valence-electron chi connectivity index (χ4n) is 2.98. The minimum absolute atomic E-state index is 0.232. The van der Waals surface area contributed by atoms with Gasteiger partial charge < -0.3 is 0 Å². The molecule has 3 aromatic rings. The van der Waals surface area contributed by atoms with Crippen LogP contribution in [0.4, 0.5) is 4.79 Å². The third kappa shape index (κ3) is 3.32. The summed E-state index contributed by atoms with van der Waals surface area (Å²) in [5.41, 5.74) is 1.85. The Morgan fingerprint density at radius 3 is 2.58 bits per heavy atom. The van der Waals surface area contributed by atoms with E-state index >= 15 is 0 Å². The molecule has 0 aliphatic carbocycles. The summed E-state index contributed by atoms with van der Waals surface area (Å²) in [5, 5.41) is 1.93. The summed E-state index contributed by atoms with van der Waals surface area (Å²) in [5.74, 6) is -0.243. The molecule has 3 nitrogen and oxygen atoms in total. The maximum absolute atomic E-state index is 12.7. The Morgan fingerprint density at radius 2 is 1.73 bits per heavy atom. The number of hydrogen-bond acceptors (Lipinski definition) is 3. The number of amides is 2. The fourth-order valence-corrected chi connectivity index (χ4v) is 4.24. The van der Waals surface area contributed by atoms with Crippen molar-refractivity contribution in [3.05, 3.63) is 87.2 Å².